The van der Waals surface area contributed by atoms with Crippen molar-refractivity contribution in [3.05, 3.63) is 29.3 Å². The van der Waals surface area contributed by atoms with E-state index < -0.39 is 0 Å². The first-order chi connectivity index (χ1) is 10.6. The van der Waals surface area contributed by atoms with Crippen LogP contribution in [0.15, 0.2) is 18.2 Å². The fourth-order valence-corrected chi connectivity index (χ4v) is 6.90. The summed E-state index contributed by atoms with van der Waals surface area (Å²) in [5, 5.41) is 10.6. The van der Waals surface area contributed by atoms with Crippen LogP contribution in [0.1, 0.15) is 56.1 Å². The van der Waals surface area contributed by atoms with Crippen molar-refractivity contribution in [2.45, 2.75) is 57.5 Å². The van der Waals surface area contributed by atoms with E-state index in [1.165, 1.54) is 37.7 Å². The lowest BCUT2D eigenvalue weighted by Gasteiger charge is -2.52. The van der Waals surface area contributed by atoms with Gasteiger partial charge >= 0.3 is 0 Å². The highest BCUT2D eigenvalue weighted by Gasteiger charge is 2.76. The largest absolute Gasteiger partial charge is 0.497 e. The molecule has 0 aromatic heterocycles. The summed E-state index contributed by atoms with van der Waals surface area (Å²) < 4.78 is 5.41. The Bertz CT molecular complexity index is 639. The molecule has 0 saturated heterocycles. The SMILES string of the molecule is COc1ccc2c(c1)CC[C@@H]1[C@@H]2CC[C@]2(C)[C@H](O)C[C@@H]3C[C@]312. The van der Waals surface area contributed by atoms with Gasteiger partial charge in [0.15, 0.2) is 0 Å². The van der Waals surface area contributed by atoms with Crippen LogP contribution in [0.5, 0.6) is 5.75 Å². The molecule has 2 nitrogen and oxygen atoms in total. The van der Waals surface area contributed by atoms with Gasteiger partial charge in [0, 0.05) is 0 Å². The minimum Gasteiger partial charge on any atom is -0.497 e. The van der Waals surface area contributed by atoms with E-state index in [1.807, 2.05) is 0 Å². The molecule has 3 fully saturated rings. The summed E-state index contributed by atoms with van der Waals surface area (Å²) in [7, 11) is 1.76. The molecule has 118 valence electrons. The fourth-order valence-electron chi connectivity index (χ4n) is 6.90. The molecule has 0 aliphatic heterocycles. The van der Waals surface area contributed by atoms with Gasteiger partial charge < -0.3 is 9.84 Å². The number of fused-ring (bicyclic) bond motifs is 3. The van der Waals surface area contributed by atoms with Crippen molar-refractivity contribution in [2.75, 3.05) is 7.11 Å². The van der Waals surface area contributed by atoms with Crippen LogP contribution < -0.4 is 4.74 Å². The van der Waals surface area contributed by atoms with E-state index in [0.717, 1.165) is 29.9 Å². The van der Waals surface area contributed by atoms with Gasteiger partial charge in [-0.3, -0.25) is 0 Å². The molecular formula is C20H26O2. The molecule has 1 spiro atoms. The summed E-state index contributed by atoms with van der Waals surface area (Å²) >= 11 is 0. The van der Waals surface area contributed by atoms with E-state index in [-0.39, 0.29) is 11.5 Å². The van der Waals surface area contributed by atoms with Gasteiger partial charge in [0.1, 0.15) is 5.75 Å². The third-order valence-corrected chi connectivity index (χ3v) is 8.06. The average Bonchev–Trinajstić information content (AvgIpc) is 3.19. The fraction of sp³-hybridized carbons (Fsp3) is 0.700. The number of hydrogen-bond acceptors (Lipinski definition) is 2. The molecule has 1 N–H and O–H groups in total. The summed E-state index contributed by atoms with van der Waals surface area (Å²) in [4.78, 5) is 0. The summed E-state index contributed by atoms with van der Waals surface area (Å²) in [6, 6.07) is 6.72. The van der Waals surface area contributed by atoms with Gasteiger partial charge in [-0.25, -0.2) is 0 Å². The molecule has 0 radical (unpaired) electrons. The van der Waals surface area contributed by atoms with E-state index in [4.69, 9.17) is 4.74 Å². The van der Waals surface area contributed by atoms with E-state index in [0.29, 0.717) is 5.41 Å². The molecule has 4 aliphatic carbocycles. The van der Waals surface area contributed by atoms with Crippen LogP contribution in [0, 0.1) is 22.7 Å². The first-order valence-electron chi connectivity index (χ1n) is 8.95. The molecule has 0 amide bonds. The Labute approximate surface area is 132 Å². The topological polar surface area (TPSA) is 29.5 Å². The third kappa shape index (κ3) is 1.37. The van der Waals surface area contributed by atoms with E-state index >= 15 is 0 Å². The van der Waals surface area contributed by atoms with E-state index in [1.54, 1.807) is 12.7 Å². The van der Waals surface area contributed by atoms with Crippen LogP contribution in [-0.4, -0.2) is 18.3 Å². The van der Waals surface area contributed by atoms with Crippen LogP contribution >= 0.6 is 0 Å². The Morgan fingerprint density at radius 2 is 2.14 bits per heavy atom. The van der Waals surface area contributed by atoms with Crippen molar-refractivity contribution in [2.24, 2.45) is 22.7 Å². The lowest BCUT2D eigenvalue weighted by atomic mass is 9.52. The van der Waals surface area contributed by atoms with Crippen molar-refractivity contribution in [3.8, 4) is 5.75 Å². The Hall–Kier alpha value is -1.02. The molecule has 1 aromatic rings. The summed E-state index contributed by atoms with van der Waals surface area (Å²) in [5.41, 5.74) is 3.76. The zero-order chi connectivity index (χ0) is 15.1. The number of rotatable bonds is 1. The second-order valence-corrected chi connectivity index (χ2v) is 8.47. The minimum atomic E-state index is -0.0514. The second-order valence-electron chi connectivity index (χ2n) is 8.47. The smallest absolute Gasteiger partial charge is 0.119 e. The number of methoxy groups -OCH3 is 1. The number of aliphatic hydroxyl groups excluding tert-OH is 1. The molecule has 0 heterocycles. The van der Waals surface area contributed by atoms with Gasteiger partial charge in [0.25, 0.3) is 0 Å². The minimum absolute atomic E-state index is 0.0514. The van der Waals surface area contributed by atoms with Crippen LogP contribution in [0.2, 0.25) is 0 Å². The highest BCUT2D eigenvalue weighted by Crippen LogP contribution is 2.81. The Kier molecular flexibility index (Phi) is 2.49. The molecule has 3 saturated carbocycles. The maximum absolute atomic E-state index is 10.6. The maximum Gasteiger partial charge on any atom is 0.119 e. The summed E-state index contributed by atoms with van der Waals surface area (Å²) in [6.45, 7) is 2.39. The van der Waals surface area contributed by atoms with Crippen molar-refractivity contribution in [3.63, 3.8) is 0 Å². The monoisotopic (exact) mass is 298 g/mol. The normalized spacial score (nSPS) is 48.0. The first-order valence-corrected chi connectivity index (χ1v) is 8.95. The Morgan fingerprint density at radius 3 is 2.95 bits per heavy atom. The predicted octanol–water partition coefficient (Wildman–Crippen LogP) is 3.91. The van der Waals surface area contributed by atoms with Crippen molar-refractivity contribution in [1.82, 2.24) is 0 Å². The highest BCUT2D eigenvalue weighted by atomic mass is 16.5. The van der Waals surface area contributed by atoms with Gasteiger partial charge in [-0.1, -0.05) is 13.0 Å². The second kappa shape index (κ2) is 4.08. The molecule has 0 bridgehead atoms. The van der Waals surface area contributed by atoms with Crippen LogP contribution in [0.25, 0.3) is 0 Å². The molecular weight excluding hydrogens is 272 g/mol. The number of hydrogen-bond donors (Lipinski definition) is 1. The zero-order valence-corrected chi connectivity index (χ0v) is 13.6. The zero-order valence-electron chi connectivity index (χ0n) is 13.6. The Balaban J connectivity index is 1.56. The number of benzene rings is 1. The molecule has 6 atom stereocenters. The van der Waals surface area contributed by atoms with Crippen molar-refractivity contribution >= 4 is 0 Å². The van der Waals surface area contributed by atoms with Crippen LogP contribution in [0.4, 0.5) is 0 Å². The van der Waals surface area contributed by atoms with Gasteiger partial charge in [-0.15, -0.1) is 0 Å². The number of aliphatic hydroxyl groups is 1. The Morgan fingerprint density at radius 1 is 1.27 bits per heavy atom. The molecule has 1 aromatic carbocycles. The average molecular weight is 298 g/mol. The highest BCUT2D eigenvalue weighted by molar-refractivity contribution is 5.42. The quantitative estimate of drug-likeness (QED) is 0.851. The van der Waals surface area contributed by atoms with Gasteiger partial charge in [-0.2, -0.15) is 0 Å². The van der Waals surface area contributed by atoms with Crippen molar-refractivity contribution < 1.29 is 9.84 Å². The molecule has 22 heavy (non-hydrogen) atoms. The molecule has 0 unspecified atom stereocenters. The standard InChI is InChI=1S/C20H26O2/c1-19-8-7-16-15-5-4-14(22-2)9-12(15)3-6-17(16)20(19)11-13(20)10-18(19)21/h4-5,9,13,16-18,21H,3,6-8,10-11H2,1-2H3/t13-,16-,17-,18-,19-,20+/m1/s1. The van der Waals surface area contributed by atoms with Gasteiger partial charge in [-0.05, 0) is 90.4 Å². The number of ether oxygens (including phenoxy) is 1. The lowest BCUT2D eigenvalue weighted by molar-refractivity contribution is -0.0558. The van der Waals surface area contributed by atoms with Gasteiger partial charge in [0.05, 0.1) is 13.2 Å². The molecule has 2 heteroatoms. The van der Waals surface area contributed by atoms with E-state index in [9.17, 15) is 5.11 Å². The lowest BCUT2D eigenvalue weighted by Crippen LogP contribution is -2.47. The molecule has 4 aliphatic rings. The predicted molar refractivity (Wildman–Crippen MR) is 86.1 cm³/mol. The maximum atomic E-state index is 10.6. The third-order valence-electron chi connectivity index (χ3n) is 8.06. The van der Waals surface area contributed by atoms with E-state index in [2.05, 4.69) is 25.1 Å². The summed E-state index contributed by atoms with van der Waals surface area (Å²) in [5.74, 6) is 3.32. The van der Waals surface area contributed by atoms with Crippen molar-refractivity contribution in [1.29, 1.82) is 0 Å². The molecule has 5 rings (SSSR count). The van der Waals surface area contributed by atoms with Crippen LogP contribution in [0.3, 0.4) is 0 Å². The van der Waals surface area contributed by atoms with Gasteiger partial charge in [0.2, 0.25) is 0 Å². The first kappa shape index (κ1) is 13.4. The number of aryl methyl sites for hydroxylation is 1. The van der Waals surface area contributed by atoms with Crippen LogP contribution in [-0.2, 0) is 6.42 Å². The summed E-state index contributed by atoms with van der Waals surface area (Å²) in [6.07, 6.45) is 7.36.